The van der Waals surface area contributed by atoms with E-state index < -0.39 is 19.7 Å². The first kappa shape index (κ1) is 22.4. The molecule has 0 fully saturated rings. The first-order valence-electron chi connectivity index (χ1n) is 10.8. The third kappa shape index (κ3) is 3.75. The van der Waals surface area contributed by atoms with E-state index in [4.69, 9.17) is 8.83 Å². The zero-order valence-corrected chi connectivity index (χ0v) is 20.7. The number of nitrogens with zero attached hydrogens (tertiary/aromatic N) is 2. The van der Waals surface area contributed by atoms with Gasteiger partial charge in [0, 0.05) is 23.6 Å². The van der Waals surface area contributed by atoms with Crippen LogP contribution in [0.25, 0.3) is 55.9 Å². The SMILES string of the molecule is CS(=O)(=O)c1ccc2oc(-c3ccc(-c4nc5cc(S(C)(=O)=O)ccc5o4)c4ccccc34)nc2c1. The van der Waals surface area contributed by atoms with E-state index in [-0.39, 0.29) is 9.79 Å². The van der Waals surface area contributed by atoms with Crippen molar-refractivity contribution in [2.45, 2.75) is 9.79 Å². The molecule has 0 unspecified atom stereocenters. The molecule has 0 bridgehead atoms. The molecule has 0 saturated carbocycles. The summed E-state index contributed by atoms with van der Waals surface area (Å²) in [4.78, 5) is 9.44. The molecule has 36 heavy (non-hydrogen) atoms. The lowest BCUT2D eigenvalue weighted by Crippen LogP contribution is -1.96. The van der Waals surface area contributed by atoms with Crippen LogP contribution in [-0.2, 0) is 19.7 Å². The normalized spacial score (nSPS) is 12.6. The topological polar surface area (TPSA) is 120 Å². The van der Waals surface area contributed by atoms with Crippen LogP contribution >= 0.6 is 0 Å². The van der Waals surface area contributed by atoms with Crippen molar-refractivity contribution in [1.82, 2.24) is 9.97 Å². The van der Waals surface area contributed by atoms with Gasteiger partial charge in [0.15, 0.2) is 30.8 Å². The second kappa shape index (κ2) is 7.74. The zero-order valence-electron chi connectivity index (χ0n) is 19.1. The van der Waals surface area contributed by atoms with Crippen LogP contribution in [0.5, 0.6) is 0 Å². The fraction of sp³-hybridized carbons (Fsp3) is 0.0769. The third-order valence-electron chi connectivity index (χ3n) is 5.96. The average Bonchev–Trinajstić information content (AvgIpc) is 3.45. The smallest absolute Gasteiger partial charge is 0.227 e. The third-order valence-corrected chi connectivity index (χ3v) is 8.18. The summed E-state index contributed by atoms with van der Waals surface area (Å²) in [5.74, 6) is 0.711. The Labute approximate surface area is 206 Å². The van der Waals surface area contributed by atoms with Gasteiger partial charge in [-0.15, -0.1) is 0 Å². The van der Waals surface area contributed by atoms with Crippen molar-refractivity contribution in [3.8, 4) is 22.9 Å². The molecule has 10 heteroatoms. The largest absolute Gasteiger partial charge is 0.436 e. The van der Waals surface area contributed by atoms with Gasteiger partial charge < -0.3 is 8.83 Å². The summed E-state index contributed by atoms with van der Waals surface area (Å²) in [7, 11) is -6.75. The molecule has 6 aromatic rings. The lowest BCUT2D eigenvalue weighted by atomic mass is 9.99. The second-order valence-corrected chi connectivity index (χ2v) is 12.6. The van der Waals surface area contributed by atoms with Crippen molar-refractivity contribution in [3.05, 3.63) is 72.8 Å². The van der Waals surface area contributed by atoms with Crippen molar-refractivity contribution >= 4 is 52.6 Å². The number of sulfone groups is 2. The van der Waals surface area contributed by atoms with Crippen LogP contribution in [0.1, 0.15) is 0 Å². The molecule has 2 heterocycles. The van der Waals surface area contributed by atoms with Gasteiger partial charge in [-0.25, -0.2) is 26.8 Å². The predicted octanol–water partition coefficient (Wildman–Crippen LogP) is 5.26. The first-order chi connectivity index (χ1) is 17.1. The van der Waals surface area contributed by atoms with Gasteiger partial charge in [0.25, 0.3) is 0 Å². The van der Waals surface area contributed by atoms with E-state index in [1.807, 2.05) is 36.4 Å². The van der Waals surface area contributed by atoms with E-state index in [0.717, 1.165) is 34.4 Å². The predicted molar refractivity (Wildman–Crippen MR) is 136 cm³/mol. The highest BCUT2D eigenvalue weighted by Crippen LogP contribution is 2.37. The maximum absolute atomic E-state index is 11.9. The van der Waals surface area contributed by atoms with Crippen LogP contribution in [0.4, 0.5) is 0 Å². The Morgan fingerprint density at radius 1 is 0.583 bits per heavy atom. The van der Waals surface area contributed by atoms with Gasteiger partial charge in [-0.2, -0.15) is 0 Å². The molecular formula is C26H18N2O6S2. The van der Waals surface area contributed by atoms with Crippen LogP contribution < -0.4 is 0 Å². The Morgan fingerprint density at radius 2 is 1.00 bits per heavy atom. The molecule has 0 N–H and O–H groups in total. The van der Waals surface area contributed by atoms with Gasteiger partial charge in [-0.1, -0.05) is 24.3 Å². The molecule has 0 radical (unpaired) electrons. The van der Waals surface area contributed by atoms with Crippen LogP contribution in [0.2, 0.25) is 0 Å². The van der Waals surface area contributed by atoms with E-state index >= 15 is 0 Å². The van der Waals surface area contributed by atoms with Crippen LogP contribution in [0.3, 0.4) is 0 Å². The van der Waals surface area contributed by atoms with Gasteiger partial charge in [-0.3, -0.25) is 0 Å². The Hall–Kier alpha value is -4.02. The minimum absolute atomic E-state index is 0.171. The second-order valence-electron chi connectivity index (χ2n) is 8.55. The van der Waals surface area contributed by atoms with Crippen LogP contribution in [-0.4, -0.2) is 39.3 Å². The molecule has 0 aliphatic rings. The Bertz CT molecular complexity index is 1910. The molecular weight excluding hydrogens is 500 g/mol. The highest BCUT2D eigenvalue weighted by Gasteiger charge is 2.19. The number of fused-ring (bicyclic) bond motifs is 3. The van der Waals surface area contributed by atoms with Gasteiger partial charge in [0.2, 0.25) is 11.8 Å². The highest BCUT2D eigenvalue weighted by molar-refractivity contribution is 7.91. The minimum Gasteiger partial charge on any atom is -0.436 e. The zero-order chi connectivity index (χ0) is 25.2. The molecule has 8 nitrogen and oxygen atoms in total. The maximum Gasteiger partial charge on any atom is 0.227 e. The van der Waals surface area contributed by atoms with E-state index in [0.29, 0.717) is 34.0 Å². The first-order valence-corrected chi connectivity index (χ1v) is 14.6. The molecule has 0 saturated heterocycles. The van der Waals surface area contributed by atoms with E-state index in [1.54, 1.807) is 12.1 Å². The number of hydrogen-bond donors (Lipinski definition) is 0. The number of hydrogen-bond acceptors (Lipinski definition) is 8. The van der Waals surface area contributed by atoms with Gasteiger partial charge in [0.05, 0.1) is 9.79 Å². The fourth-order valence-corrected chi connectivity index (χ4v) is 5.46. The summed E-state index contributed by atoms with van der Waals surface area (Å²) in [6.07, 6.45) is 2.30. The molecule has 0 spiro atoms. The van der Waals surface area contributed by atoms with Crippen molar-refractivity contribution in [3.63, 3.8) is 0 Å². The molecule has 0 atom stereocenters. The monoisotopic (exact) mass is 518 g/mol. The van der Waals surface area contributed by atoms with Crippen molar-refractivity contribution in [2.75, 3.05) is 12.5 Å². The Kier molecular flexibility index (Phi) is 4.83. The molecule has 0 aliphatic heterocycles. The standard InChI is InChI=1S/C26H18N2O6S2/c1-35(29,30)15-7-11-23-21(13-15)27-25(33-23)19-9-10-20(18-6-4-3-5-17(18)19)26-28-22-14-16(36(2,31)32)8-12-24(22)34-26/h3-14H,1-2H3. The van der Waals surface area contributed by atoms with E-state index in [9.17, 15) is 16.8 Å². The quantitative estimate of drug-likeness (QED) is 0.310. The van der Waals surface area contributed by atoms with Crippen molar-refractivity contribution < 1.29 is 25.7 Å². The number of oxazole rings is 2. The lowest BCUT2D eigenvalue weighted by Gasteiger charge is -2.07. The molecule has 180 valence electrons. The highest BCUT2D eigenvalue weighted by atomic mass is 32.2. The summed E-state index contributed by atoms with van der Waals surface area (Å²) < 4.78 is 59.7. The molecule has 2 aromatic heterocycles. The van der Waals surface area contributed by atoms with Gasteiger partial charge >= 0.3 is 0 Å². The van der Waals surface area contributed by atoms with Crippen molar-refractivity contribution in [1.29, 1.82) is 0 Å². The lowest BCUT2D eigenvalue weighted by molar-refractivity contribution is 0.600. The Balaban J connectivity index is 1.51. The Morgan fingerprint density at radius 3 is 1.39 bits per heavy atom. The minimum atomic E-state index is -3.38. The number of benzene rings is 4. The van der Waals surface area contributed by atoms with Crippen molar-refractivity contribution in [2.24, 2.45) is 0 Å². The average molecular weight is 519 g/mol. The molecule has 6 rings (SSSR count). The molecule has 4 aromatic carbocycles. The number of rotatable bonds is 4. The van der Waals surface area contributed by atoms with Crippen LogP contribution in [0, 0.1) is 0 Å². The molecule has 0 aliphatic carbocycles. The summed E-state index contributed by atoms with van der Waals surface area (Å²) in [5.41, 5.74) is 3.30. The summed E-state index contributed by atoms with van der Waals surface area (Å²) in [6, 6.07) is 20.5. The summed E-state index contributed by atoms with van der Waals surface area (Å²) in [6.45, 7) is 0. The van der Waals surface area contributed by atoms with Gasteiger partial charge in [0.1, 0.15) is 11.0 Å². The fourth-order valence-electron chi connectivity index (χ4n) is 4.18. The van der Waals surface area contributed by atoms with E-state index in [1.165, 1.54) is 24.3 Å². The van der Waals surface area contributed by atoms with Gasteiger partial charge in [-0.05, 0) is 59.3 Å². The number of aromatic nitrogens is 2. The van der Waals surface area contributed by atoms with Crippen LogP contribution in [0.15, 0.2) is 91.4 Å². The summed E-state index contributed by atoms with van der Waals surface area (Å²) >= 11 is 0. The maximum atomic E-state index is 11.9. The summed E-state index contributed by atoms with van der Waals surface area (Å²) in [5, 5.41) is 1.67. The van der Waals surface area contributed by atoms with E-state index in [2.05, 4.69) is 9.97 Å². The molecule has 0 amide bonds.